The summed E-state index contributed by atoms with van der Waals surface area (Å²) in [6.45, 7) is 6.32. The minimum Gasteiger partial charge on any atom is -0.353 e. The lowest BCUT2D eigenvalue weighted by molar-refractivity contribution is -0.137. The smallest absolute Gasteiger partial charge is 0.267 e. The van der Waals surface area contributed by atoms with E-state index >= 15 is 0 Å². The van der Waals surface area contributed by atoms with Crippen molar-refractivity contribution in [3.05, 3.63) is 86.6 Å². The van der Waals surface area contributed by atoms with Gasteiger partial charge in [0.1, 0.15) is 28.4 Å². The zero-order chi connectivity index (χ0) is 37.2. The van der Waals surface area contributed by atoms with Crippen molar-refractivity contribution in [2.24, 2.45) is 0 Å². The zero-order valence-corrected chi connectivity index (χ0v) is 30.9. The van der Waals surface area contributed by atoms with Gasteiger partial charge in [0.25, 0.3) is 11.8 Å². The Balaban J connectivity index is 0.901. The van der Waals surface area contributed by atoms with Crippen LogP contribution in [0, 0.1) is 13.8 Å². The number of amides is 5. The molecule has 4 aromatic rings. The lowest BCUT2D eigenvalue weighted by atomic mass is 9.98. The normalized spacial score (nSPS) is 17.2. The molecule has 7 rings (SSSR count). The fourth-order valence-corrected chi connectivity index (χ4v) is 7.93. The van der Waals surface area contributed by atoms with E-state index in [1.54, 1.807) is 17.0 Å². The molecule has 2 aromatic heterocycles. The van der Waals surface area contributed by atoms with Gasteiger partial charge in [-0.1, -0.05) is 47.2 Å². The van der Waals surface area contributed by atoms with Crippen LogP contribution in [-0.4, -0.2) is 86.5 Å². The molecule has 274 valence electrons. The summed E-state index contributed by atoms with van der Waals surface area (Å²) in [5, 5.41) is 9.37. The van der Waals surface area contributed by atoms with Crippen molar-refractivity contribution < 1.29 is 24.0 Å². The molecule has 0 spiro atoms. The molecule has 1 atom stereocenters. The average molecular weight is 756 g/mol. The highest BCUT2D eigenvalue weighted by molar-refractivity contribution is 7.17. The van der Waals surface area contributed by atoms with Gasteiger partial charge < -0.3 is 25.3 Å². The first-order chi connectivity index (χ1) is 25.5. The molecule has 2 saturated heterocycles. The highest BCUT2D eigenvalue weighted by atomic mass is 35.5. The number of carbonyl (C=O) groups is 5. The molecule has 53 heavy (non-hydrogen) atoms. The molecule has 0 aliphatic carbocycles. The zero-order valence-electron chi connectivity index (χ0n) is 29.3. The summed E-state index contributed by atoms with van der Waals surface area (Å²) >= 11 is 7.48. The van der Waals surface area contributed by atoms with E-state index in [1.165, 1.54) is 17.5 Å². The number of fused-ring (bicyclic) bond motifs is 1. The van der Waals surface area contributed by atoms with Gasteiger partial charge in [0.05, 0.1) is 16.9 Å². The van der Waals surface area contributed by atoms with E-state index in [0.717, 1.165) is 22.5 Å². The van der Waals surface area contributed by atoms with Gasteiger partial charge in [0.2, 0.25) is 17.7 Å². The van der Waals surface area contributed by atoms with Crippen LogP contribution in [0.3, 0.4) is 0 Å². The van der Waals surface area contributed by atoms with Gasteiger partial charge in [-0.15, -0.1) is 0 Å². The Labute approximate surface area is 314 Å². The number of rotatable bonds is 10. The van der Waals surface area contributed by atoms with Crippen LogP contribution in [0.25, 0.3) is 0 Å². The SMILES string of the molecule is Cc1nc(Nc2ncc(C(=O)Nc3c(C)cccc3Cl)s2)cc(N2CCN(C(=O)CCCc3cccc4c3CN(C3CCC(=O)NC3=O)C4=O)CC2)n1. The number of aryl methyl sites for hydroxylation is 3. The van der Waals surface area contributed by atoms with Gasteiger partial charge in [-0.2, -0.15) is 0 Å². The Hall–Kier alpha value is -5.41. The fourth-order valence-electron chi connectivity index (χ4n) is 6.95. The van der Waals surface area contributed by atoms with Crippen LogP contribution in [0.5, 0.6) is 0 Å². The van der Waals surface area contributed by atoms with E-state index in [9.17, 15) is 24.0 Å². The lowest BCUT2D eigenvalue weighted by Gasteiger charge is -2.35. The van der Waals surface area contributed by atoms with Crippen molar-refractivity contribution in [3.63, 3.8) is 0 Å². The Morgan fingerprint density at radius 2 is 1.83 bits per heavy atom. The van der Waals surface area contributed by atoms with Crippen LogP contribution in [-0.2, 0) is 27.3 Å². The minimum atomic E-state index is -0.661. The van der Waals surface area contributed by atoms with Crippen LogP contribution < -0.4 is 20.9 Å². The van der Waals surface area contributed by atoms with E-state index in [1.807, 2.05) is 49.1 Å². The lowest BCUT2D eigenvalue weighted by Crippen LogP contribution is -2.52. The third-order valence-electron chi connectivity index (χ3n) is 9.72. The first-order valence-electron chi connectivity index (χ1n) is 17.5. The third-order valence-corrected chi connectivity index (χ3v) is 10.9. The summed E-state index contributed by atoms with van der Waals surface area (Å²) in [6, 6.07) is 12.2. The van der Waals surface area contributed by atoms with Gasteiger partial charge in [0.15, 0.2) is 5.13 Å². The van der Waals surface area contributed by atoms with E-state index in [0.29, 0.717) is 96.3 Å². The number of para-hydroxylation sites is 1. The van der Waals surface area contributed by atoms with Crippen molar-refractivity contribution in [1.29, 1.82) is 0 Å². The van der Waals surface area contributed by atoms with Crippen LogP contribution in [0.15, 0.2) is 48.7 Å². The largest absolute Gasteiger partial charge is 0.353 e. The van der Waals surface area contributed by atoms with Crippen molar-refractivity contribution in [3.8, 4) is 0 Å². The number of carbonyl (C=O) groups excluding carboxylic acids is 5. The van der Waals surface area contributed by atoms with Crippen molar-refractivity contribution in [2.75, 3.05) is 41.7 Å². The first-order valence-corrected chi connectivity index (χ1v) is 18.7. The van der Waals surface area contributed by atoms with E-state index in [4.69, 9.17) is 11.6 Å². The summed E-state index contributed by atoms with van der Waals surface area (Å²) < 4.78 is 0. The van der Waals surface area contributed by atoms with Crippen LogP contribution in [0.2, 0.25) is 5.02 Å². The molecular formula is C37H38ClN9O5S. The number of piperidine rings is 1. The molecule has 2 aromatic carbocycles. The molecule has 1 unspecified atom stereocenters. The number of hydrogen-bond acceptors (Lipinski definition) is 11. The van der Waals surface area contributed by atoms with Gasteiger partial charge in [0, 0.05) is 57.2 Å². The number of hydrogen-bond donors (Lipinski definition) is 3. The number of halogens is 1. The van der Waals surface area contributed by atoms with E-state index in [2.05, 4.69) is 35.8 Å². The topological polar surface area (TPSA) is 170 Å². The molecule has 0 radical (unpaired) electrons. The third kappa shape index (κ3) is 7.86. The highest BCUT2D eigenvalue weighted by Crippen LogP contribution is 2.31. The van der Waals surface area contributed by atoms with Crippen LogP contribution >= 0.6 is 22.9 Å². The second kappa shape index (κ2) is 15.3. The first kappa shape index (κ1) is 36.0. The second-order valence-corrected chi connectivity index (χ2v) is 14.7. The molecule has 16 heteroatoms. The molecule has 0 saturated carbocycles. The Kier molecular flexibility index (Phi) is 10.4. The molecule has 2 fully saturated rings. The van der Waals surface area contributed by atoms with Gasteiger partial charge in [-0.25, -0.2) is 15.0 Å². The average Bonchev–Trinajstić information content (AvgIpc) is 3.74. The maximum absolute atomic E-state index is 13.2. The quantitative estimate of drug-likeness (QED) is 0.194. The number of nitrogens with one attached hydrogen (secondary N) is 3. The molecule has 3 N–H and O–H groups in total. The van der Waals surface area contributed by atoms with Crippen molar-refractivity contribution in [2.45, 2.75) is 58.5 Å². The molecule has 5 heterocycles. The van der Waals surface area contributed by atoms with Crippen molar-refractivity contribution in [1.82, 2.24) is 30.1 Å². The van der Waals surface area contributed by atoms with Gasteiger partial charge in [-0.05, 0) is 61.9 Å². The number of nitrogens with zero attached hydrogens (tertiary/aromatic N) is 6. The fraction of sp³-hybridized carbons (Fsp3) is 0.351. The Morgan fingerprint density at radius 3 is 2.60 bits per heavy atom. The number of piperazine rings is 1. The summed E-state index contributed by atoms with van der Waals surface area (Å²) in [5.74, 6) is 0.670. The summed E-state index contributed by atoms with van der Waals surface area (Å²) in [4.78, 5) is 82.9. The Morgan fingerprint density at radius 1 is 1.04 bits per heavy atom. The monoisotopic (exact) mass is 755 g/mol. The highest BCUT2D eigenvalue weighted by Gasteiger charge is 2.39. The molecule has 5 amide bonds. The molecule has 3 aliphatic heterocycles. The van der Waals surface area contributed by atoms with Crippen LogP contribution in [0.4, 0.5) is 22.5 Å². The predicted octanol–water partition coefficient (Wildman–Crippen LogP) is 4.63. The van der Waals surface area contributed by atoms with Gasteiger partial charge in [-0.3, -0.25) is 29.3 Å². The molecule has 0 bridgehead atoms. The molecule has 14 nitrogen and oxygen atoms in total. The summed E-state index contributed by atoms with van der Waals surface area (Å²) in [6.07, 6.45) is 3.67. The molecule has 3 aliphatic rings. The van der Waals surface area contributed by atoms with Gasteiger partial charge >= 0.3 is 0 Å². The number of imide groups is 1. The summed E-state index contributed by atoms with van der Waals surface area (Å²) in [5.41, 5.74) is 3.89. The second-order valence-electron chi connectivity index (χ2n) is 13.3. The maximum Gasteiger partial charge on any atom is 0.267 e. The number of anilines is 4. The maximum atomic E-state index is 13.2. The van der Waals surface area contributed by atoms with Crippen molar-refractivity contribution >= 4 is 74.9 Å². The Bertz CT molecular complexity index is 2100. The standard InChI is InChI=1S/C37H38ClN9O5S/c1-21-6-3-10-26(38)33(21)44-35(51)28-19-39-37(53-28)42-29-18-30(41-22(2)40-29)45-14-16-46(17-15-45)32(49)11-5-8-23-7-4-9-24-25(23)20-47(36(24)52)27-12-13-31(48)43-34(27)50/h3-4,6-7,9-10,18-19,27H,5,8,11-17,20H2,1-2H3,(H,44,51)(H,43,48,50)(H,39,40,41,42). The minimum absolute atomic E-state index is 0.0769. The molecular weight excluding hydrogens is 718 g/mol. The number of thiazole rings is 1. The van der Waals surface area contributed by atoms with E-state index in [-0.39, 0.29) is 30.0 Å². The van der Waals surface area contributed by atoms with E-state index < -0.39 is 11.9 Å². The number of aromatic nitrogens is 3. The summed E-state index contributed by atoms with van der Waals surface area (Å²) in [7, 11) is 0. The van der Waals surface area contributed by atoms with Crippen LogP contribution in [0.1, 0.15) is 68.2 Å². The number of benzene rings is 2. The predicted molar refractivity (Wildman–Crippen MR) is 201 cm³/mol.